The monoisotopic (exact) mass is 359 g/mol. The first-order valence-corrected chi connectivity index (χ1v) is 9.15. The van der Waals surface area contributed by atoms with E-state index in [9.17, 15) is 9.18 Å². The summed E-state index contributed by atoms with van der Waals surface area (Å²) in [7, 11) is 0. The fourth-order valence-corrected chi connectivity index (χ4v) is 3.64. The highest BCUT2D eigenvalue weighted by Crippen LogP contribution is 2.15. The molecule has 0 N–H and O–H groups in total. The van der Waals surface area contributed by atoms with Gasteiger partial charge in [0.05, 0.1) is 22.9 Å². The zero-order chi connectivity index (χ0) is 17.2. The summed E-state index contributed by atoms with van der Waals surface area (Å²) in [6.07, 6.45) is 1.76. The van der Waals surface area contributed by atoms with E-state index in [1.165, 1.54) is 23.5 Å². The molecule has 0 saturated carbocycles. The highest BCUT2D eigenvalue weighted by Gasteiger charge is 2.23. The molecule has 25 heavy (non-hydrogen) atoms. The number of hydrogen-bond donors (Lipinski definition) is 0. The van der Waals surface area contributed by atoms with Crippen molar-refractivity contribution < 1.29 is 9.18 Å². The lowest BCUT2D eigenvalue weighted by Gasteiger charge is -2.34. The molecule has 4 rings (SSSR count). The molecule has 1 saturated heterocycles. The largest absolute Gasteiger partial charge is 0.335 e. The Morgan fingerprint density at radius 2 is 2.00 bits per heavy atom. The van der Waals surface area contributed by atoms with Crippen LogP contribution in [-0.2, 0) is 6.54 Å². The molecule has 6 nitrogen and oxygen atoms in total. The van der Waals surface area contributed by atoms with Gasteiger partial charge in [0.25, 0.3) is 5.91 Å². The second-order valence-electron chi connectivity index (χ2n) is 6.08. The van der Waals surface area contributed by atoms with Crippen LogP contribution < -0.4 is 0 Å². The van der Waals surface area contributed by atoms with Gasteiger partial charge in [-0.25, -0.2) is 14.4 Å². The van der Waals surface area contributed by atoms with Crippen molar-refractivity contribution in [3.8, 4) is 0 Å². The number of aromatic nitrogens is 3. The molecular weight excluding hydrogens is 341 g/mol. The topological polar surface area (TPSA) is 54.3 Å². The van der Waals surface area contributed by atoms with Crippen molar-refractivity contribution in [2.75, 3.05) is 32.7 Å². The first-order chi connectivity index (χ1) is 12.2. The van der Waals surface area contributed by atoms with E-state index in [4.69, 9.17) is 0 Å². The number of fused-ring (bicyclic) bond motifs is 1. The fraction of sp³-hybridized carbons (Fsp3) is 0.353. The van der Waals surface area contributed by atoms with E-state index in [0.717, 1.165) is 31.7 Å². The smallest absolute Gasteiger partial charge is 0.273 e. The molecule has 130 valence electrons. The van der Waals surface area contributed by atoms with E-state index in [2.05, 4.69) is 14.9 Å². The van der Waals surface area contributed by atoms with Gasteiger partial charge in [-0.3, -0.25) is 9.69 Å². The Morgan fingerprint density at radius 1 is 1.16 bits per heavy atom. The van der Waals surface area contributed by atoms with E-state index in [-0.39, 0.29) is 11.7 Å². The van der Waals surface area contributed by atoms with Crippen LogP contribution in [0.3, 0.4) is 0 Å². The third-order valence-electron chi connectivity index (χ3n) is 4.55. The Morgan fingerprint density at radius 3 is 2.76 bits per heavy atom. The number of amides is 1. The Bertz CT molecular complexity index is 870. The Kier molecular flexibility index (Phi) is 4.46. The molecule has 1 fully saturated rings. The second-order valence-corrected chi connectivity index (χ2v) is 6.80. The van der Waals surface area contributed by atoms with Crippen molar-refractivity contribution in [3.05, 3.63) is 46.9 Å². The van der Waals surface area contributed by atoms with Gasteiger partial charge < -0.3 is 9.47 Å². The highest BCUT2D eigenvalue weighted by molar-refractivity contribution is 7.07. The molecule has 1 aromatic carbocycles. The summed E-state index contributed by atoms with van der Waals surface area (Å²) in [5.41, 5.74) is 3.85. The predicted molar refractivity (Wildman–Crippen MR) is 94.1 cm³/mol. The van der Waals surface area contributed by atoms with Gasteiger partial charge in [0, 0.05) is 50.7 Å². The van der Waals surface area contributed by atoms with Crippen molar-refractivity contribution in [1.29, 1.82) is 0 Å². The van der Waals surface area contributed by atoms with Crippen LogP contribution in [0.2, 0.25) is 0 Å². The minimum absolute atomic E-state index is 0.0172. The molecule has 1 amide bonds. The molecule has 0 atom stereocenters. The molecule has 3 heterocycles. The van der Waals surface area contributed by atoms with Crippen LogP contribution in [0.1, 0.15) is 10.5 Å². The quantitative estimate of drug-likeness (QED) is 0.716. The summed E-state index contributed by atoms with van der Waals surface area (Å²) in [6, 6.07) is 4.68. The number of rotatable bonds is 4. The molecule has 1 aliphatic heterocycles. The average Bonchev–Trinajstić information content (AvgIpc) is 3.29. The van der Waals surface area contributed by atoms with Gasteiger partial charge >= 0.3 is 0 Å². The maximum Gasteiger partial charge on any atom is 0.273 e. The summed E-state index contributed by atoms with van der Waals surface area (Å²) in [5, 5.41) is 1.79. The lowest BCUT2D eigenvalue weighted by atomic mass is 10.3. The van der Waals surface area contributed by atoms with Gasteiger partial charge in [-0.05, 0) is 12.1 Å². The molecule has 0 spiro atoms. The van der Waals surface area contributed by atoms with Crippen LogP contribution in [0.15, 0.2) is 35.4 Å². The number of carbonyl (C=O) groups is 1. The van der Waals surface area contributed by atoms with Gasteiger partial charge in [0.1, 0.15) is 11.5 Å². The molecule has 0 aliphatic carbocycles. The van der Waals surface area contributed by atoms with E-state index in [1.807, 2.05) is 9.47 Å². The fourth-order valence-electron chi connectivity index (χ4n) is 3.12. The van der Waals surface area contributed by atoms with Gasteiger partial charge in [-0.15, -0.1) is 11.3 Å². The summed E-state index contributed by atoms with van der Waals surface area (Å²) >= 11 is 1.44. The van der Waals surface area contributed by atoms with E-state index >= 15 is 0 Å². The van der Waals surface area contributed by atoms with E-state index in [1.54, 1.807) is 23.3 Å². The molecule has 1 aliphatic rings. The number of benzene rings is 1. The SMILES string of the molecule is O=C(c1cscn1)N1CCN(CCn2cnc3cc(F)ccc32)CC1. The van der Waals surface area contributed by atoms with Crippen molar-refractivity contribution in [3.63, 3.8) is 0 Å². The zero-order valence-corrected chi connectivity index (χ0v) is 14.5. The second kappa shape index (κ2) is 6.89. The minimum Gasteiger partial charge on any atom is -0.335 e. The highest BCUT2D eigenvalue weighted by atomic mass is 32.1. The summed E-state index contributed by atoms with van der Waals surface area (Å²) in [5.74, 6) is -0.248. The van der Waals surface area contributed by atoms with Crippen LogP contribution in [0.5, 0.6) is 0 Å². The van der Waals surface area contributed by atoms with Crippen molar-refractivity contribution in [2.24, 2.45) is 0 Å². The number of carbonyl (C=O) groups excluding carboxylic acids is 1. The van der Waals surface area contributed by atoms with Crippen molar-refractivity contribution >= 4 is 28.3 Å². The molecule has 0 radical (unpaired) electrons. The lowest BCUT2D eigenvalue weighted by Crippen LogP contribution is -2.49. The number of nitrogens with zero attached hydrogens (tertiary/aromatic N) is 5. The normalized spacial score (nSPS) is 15.8. The van der Waals surface area contributed by atoms with Crippen LogP contribution in [0.25, 0.3) is 11.0 Å². The molecule has 8 heteroatoms. The van der Waals surface area contributed by atoms with Gasteiger partial charge in [0.15, 0.2) is 0 Å². The third-order valence-corrected chi connectivity index (χ3v) is 5.14. The predicted octanol–water partition coefficient (Wildman–Crippen LogP) is 2.09. The number of hydrogen-bond acceptors (Lipinski definition) is 5. The number of halogens is 1. The van der Waals surface area contributed by atoms with Gasteiger partial charge in [0.2, 0.25) is 0 Å². The van der Waals surface area contributed by atoms with Crippen LogP contribution >= 0.6 is 11.3 Å². The summed E-state index contributed by atoms with van der Waals surface area (Å²) in [4.78, 5) is 24.8. The number of imidazole rings is 1. The lowest BCUT2D eigenvalue weighted by molar-refractivity contribution is 0.0628. The first-order valence-electron chi connectivity index (χ1n) is 8.21. The van der Waals surface area contributed by atoms with Crippen LogP contribution in [-0.4, -0.2) is 63.0 Å². The molecule has 0 bridgehead atoms. The average molecular weight is 359 g/mol. The minimum atomic E-state index is -0.265. The standard InChI is InChI=1S/C17H18FN5OS/c18-13-1-2-16-14(9-13)19-11-23(16)8-5-21-3-6-22(7-4-21)17(24)15-10-25-12-20-15/h1-2,9-12H,3-8H2. The zero-order valence-electron chi connectivity index (χ0n) is 13.6. The Balaban J connectivity index is 1.32. The van der Waals surface area contributed by atoms with Crippen LogP contribution in [0.4, 0.5) is 4.39 Å². The Hall–Kier alpha value is -2.32. The molecular formula is C17H18FN5OS. The van der Waals surface area contributed by atoms with E-state index in [0.29, 0.717) is 24.3 Å². The Labute approximate surface area is 148 Å². The molecule has 0 unspecified atom stereocenters. The number of thiazole rings is 1. The van der Waals surface area contributed by atoms with Crippen molar-refractivity contribution in [2.45, 2.75) is 6.54 Å². The maximum absolute atomic E-state index is 13.2. The maximum atomic E-state index is 13.2. The molecule has 3 aromatic rings. The van der Waals surface area contributed by atoms with Crippen LogP contribution in [0, 0.1) is 5.82 Å². The number of piperazine rings is 1. The summed E-state index contributed by atoms with van der Waals surface area (Å²) in [6.45, 7) is 4.79. The first kappa shape index (κ1) is 16.2. The van der Waals surface area contributed by atoms with Gasteiger partial charge in [-0.2, -0.15) is 0 Å². The van der Waals surface area contributed by atoms with Crippen molar-refractivity contribution in [1.82, 2.24) is 24.3 Å². The summed E-state index contributed by atoms with van der Waals surface area (Å²) < 4.78 is 15.3. The van der Waals surface area contributed by atoms with Gasteiger partial charge in [-0.1, -0.05) is 0 Å². The molecule has 2 aromatic heterocycles. The van der Waals surface area contributed by atoms with E-state index < -0.39 is 0 Å². The third kappa shape index (κ3) is 3.40.